The van der Waals surface area contributed by atoms with Gasteiger partial charge in [-0.25, -0.2) is 0 Å². The molecule has 1 heteroatoms. The van der Waals surface area contributed by atoms with Crippen LogP contribution in [0, 0.1) is 5.92 Å². The smallest absolute Gasteiger partial charge is 0.0471 e. The molecule has 0 heterocycles. The van der Waals surface area contributed by atoms with Crippen LogP contribution in [0.2, 0.25) is 0 Å². The number of rotatable bonds is 2. The Bertz CT molecular complexity index is 221. The van der Waals surface area contributed by atoms with Crippen molar-refractivity contribution in [2.24, 2.45) is 5.92 Å². The zero-order chi connectivity index (χ0) is 8.97. The van der Waals surface area contributed by atoms with Gasteiger partial charge >= 0.3 is 0 Å². The molecule has 0 radical (unpaired) electrons. The molecule has 0 aromatic heterocycles. The van der Waals surface area contributed by atoms with Gasteiger partial charge in [0.05, 0.1) is 0 Å². The van der Waals surface area contributed by atoms with Crippen molar-refractivity contribution >= 4 is 0 Å². The molecular weight excluding hydrogens is 146 g/mol. The molecule has 1 atom stereocenters. The molecule has 0 fully saturated rings. The summed E-state index contributed by atoms with van der Waals surface area (Å²) in [6, 6.07) is 0.403. The summed E-state index contributed by atoms with van der Waals surface area (Å²) in [4.78, 5) is 0. The summed E-state index contributed by atoms with van der Waals surface area (Å²) in [6.45, 7) is 4.45. The van der Waals surface area contributed by atoms with E-state index < -0.39 is 0 Å². The van der Waals surface area contributed by atoms with Gasteiger partial charge in [-0.1, -0.05) is 44.2 Å². The molecule has 0 amide bonds. The van der Waals surface area contributed by atoms with Crippen LogP contribution in [-0.4, -0.2) is 13.1 Å². The molecular formula is C11H17N. The Kier molecular flexibility index (Phi) is 3.30. The maximum absolute atomic E-state index is 3.28. The van der Waals surface area contributed by atoms with E-state index in [-0.39, 0.29) is 0 Å². The lowest BCUT2D eigenvalue weighted by Gasteiger charge is -2.18. The Hall–Kier alpha value is -0.820. The summed E-state index contributed by atoms with van der Waals surface area (Å²) in [5, 5.41) is 3.28. The molecule has 1 aliphatic carbocycles. The highest BCUT2D eigenvalue weighted by Crippen LogP contribution is 2.16. The zero-order valence-corrected chi connectivity index (χ0v) is 8.04. The summed E-state index contributed by atoms with van der Waals surface area (Å²) in [7, 11) is 2.00. The third-order valence-electron chi connectivity index (χ3n) is 2.15. The monoisotopic (exact) mass is 163 g/mol. The van der Waals surface area contributed by atoms with Crippen molar-refractivity contribution in [1.29, 1.82) is 0 Å². The minimum atomic E-state index is 0.403. The number of allylic oxidation sites excluding steroid dienone is 4. The fourth-order valence-corrected chi connectivity index (χ4v) is 1.44. The highest BCUT2D eigenvalue weighted by Gasteiger charge is 2.11. The Morgan fingerprint density at radius 3 is 2.58 bits per heavy atom. The van der Waals surface area contributed by atoms with Gasteiger partial charge < -0.3 is 5.32 Å². The number of nitrogens with one attached hydrogen (secondary N) is 1. The lowest BCUT2D eigenvalue weighted by molar-refractivity contribution is 0.641. The van der Waals surface area contributed by atoms with E-state index in [0.29, 0.717) is 12.0 Å². The summed E-state index contributed by atoms with van der Waals surface area (Å²) >= 11 is 0. The standard InChI is InChI=1S/C11H17N/c1-9(2)10-7-5-4-6-8-11(10)12-3/h4-9,11-12H,1-3H3. The number of hydrogen-bond acceptors (Lipinski definition) is 1. The van der Waals surface area contributed by atoms with Gasteiger partial charge in [0.15, 0.2) is 0 Å². The second-order valence-corrected chi connectivity index (χ2v) is 3.36. The minimum absolute atomic E-state index is 0.403. The predicted molar refractivity (Wildman–Crippen MR) is 54.0 cm³/mol. The largest absolute Gasteiger partial charge is 0.310 e. The molecule has 0 aromatic rings. The molecule has 1 aliphatic rings. The fraction of sp³-hybridized carbons (Fsp3) is 0.455. The van der Waals surface area contributed by atoms with Crippen LogP contribution in [0.15, 0.2) is 36.0 Å². The minimum Gasteiger partial charge on any atom is -0.310 e. The van der Waals surface area contributed by atoms with Gasteiger partial charge in [0.2, 0.25) is 0 Å². The summed E-state index contributed by atoms with van der Waals surface area (Å²) in [5.41, 5.74) is 1.45. The predicted octanol–water partition coefficient (Wildman–Crippen LogP) is 2.28. The quantitative estimate of drug-likeness (QED) is 0.658. The maximum atomic E-state index is 3.28. The van der Waals surface area contributed by atoms with Crippen LogP contribution in [0.4, 0.5) is 0 Å². The fourth-order valence-electron chi connectivity index (χ4n) is 1.44. The molecule has 0 saturated heterocycles. The normalized spacial score (nSPS) is 22.7. The number of hydrogen-bond donors (Lipinski definition) is 1. The van der Waals surface area contributed by atoms with Gasteiger partial charge in [0.25, 0.3) is 0 Å². The third-order valence-corrected chi connectivity index (χ3v) is 2.15. The lowest BCUT2D eigenvalue weighted by atomic mass is 9.96. The van der Waals surface area contributed by atoms with Gasteiger partial charge in [-0.05, 0) is 18.5 Å². The SMILES string of the molecule is CNC1C=CC=CC=C1C(C)C. The molecule has 0 aromatic carbocycles. The van der Waals surface area contributed by atoms with Gasteiger partial charge in [-0.15, -0.1) is 0 Å². The van der Waals surface area contributed by atoms with Gasteiger partial charge in [-0.3, -0.25) is 0 Å². The van der Waals surface area contributed by atoms with Crippen molar-refractivity contribution in [3.63, 3.8) is 0 Å². The van der Waals surface area contributed by atoms with Gasteiger partial charge in [0, 0.05) is 6.04 Å². The highest BCUT2D eigenvalue weighted by molar-refractivity contribution is 5.30. The maximum Gasteiger partial charge on any atom is 0.0471 e. The molecule has 0 aliphatic heterocycles. The second-order valence-electron chi connectivity index (χ2n) is 3.36. The van der Waals surface area contributed by atoms with E-state index in [0.717, 1.165) is 0 Å². The van der Waals surface area contributed by atoms with Crippen LogP contribution < -0.4 is 5.32 Å². The molecule has 0 saturated carbocycles. The Balaban J connectivity index is 2.84. The molecule has 1 nitrogen and oxygen atoms in total. The van der Waals surface area contributed by atoms with Crippen molar-refractivity contribution in [3.05, 3.63) is 36.0 Å². The van der Waals surface area contributed by atoms with E-state index in [1.165, 1.54) is 5.57 Å². The average molecular weight is 163 g/mol. The van der Waals surface area contributed by atoms with Gasteiger partial charge in [0.1, 0.15) is 0 Å². The summed E-state index contributed by atoms with van der Waals surface area (Å²) in [5.74, 6) is 0.606. The van der Waals surface area contributed by atoms with E-state index in [9.17, 15) is 0 Å². The van der Waals surface area contributed by atoms with Crippen molar-refractivity contribution in [3.8, 4) is 0 Å². The third kappa shape index (κ3) is 2.08. The van der Waals surface area contributed by atoms with Crippen molar-refractivity contribution in [2.45, 2.75) is 19.9 Å². The van der Waals surface area contributed by atoms with E-state index in [2.05, 4.69) is 49.5 Å². The average Bonchev–Trinajstić information content (AvgIpc) is 2.27. The first-order valence-corrected chi connectivity index (χ1v) is 4.48. The first-order valence-electron chi connectivity index (χ1n) is 4.48. The lowest BCUT2D eigenvalue weighted by Crippen LogP contribution is -2.27. The van der Waals surface area contributed by atoms with Crippen LogP contribution >= 0.6 is 0 Å². The molecule has 66 valence electrons. The Labute approximate surface area is 74.9 Å². The highest BCUT2D eigenvalue weighted by atomic mass is 14.9. The summed E-state index contributed by atoms with van der Waals surface area (Å²) in [6.07, 6.45) is 10.6. The first-order chi connectivity index (χ1) is 5.75. The van der Waals surface area contributed by atoms with Crippen LogP contribution in [0.25, 0.3) is 0 Å². The van der Waals surface area contributed by atoms with E-state index >= 15 is 0 Å². The Morgan fingerprint density at radius 2 is 2.00 bits per heavy atom. The van der Waals surface area contributed by atoms with Crippen LogP contribution in [-0.2, 0) is 0 Å². The molecule has 0 bridgehead atoms. The molecule has 1 unspecified atom stereocenters. The van der Waals surface area contributed by atoms with Crippen LogP contribution in [0.5, 0.6) is 0 Å². The molecule has 1 N–H and O–H groups in total. The van der Waals surface area contributed by atoms with Crippen molar-refractivity contribution in [1.82, 2.24) is 5.32 Å². The molecule has 0 spiro atoms. The van der Waals surface area contributed by atoms with Crippen LogP contribution in [0.3, 0.4) is 0 Å². The van der Waals surface area contributed by atoms with Crippen molar-refractivity contribution in [2.75, 3.05) is 7.05 Å². The van der Waals surface area contributed by atoms with E-state index in [1.54, 1.807) is 0 Å². The molecule has 12 heavy (non-hydrogen) atoms. The Morgan fingerprint density at radius 1 is 1.25 bits per heavy atom. The van der Waals surface area contributed by atoms with Crippen molar-refractivity contribution < 1.29 is 0 Å². The van der Waals surface area contributed by atoms with E-state index in [1.807, 2.05) is 7.05 Å². The van der Waals surface area contributed by atoms with E-state index in [4.69, 9.17) is 0 Å². The first kappa shape index (κ1) is 9.27. The second kappa shape index (κ2) is 4.27. The van der Waals surface area contributed by atoms with Crippen LogP contribution in [0.1, 0.15) is 13.8 Å². The molecule has 1 rings (SSSR count). The topological polar surface area (TPSA) is 12.0 Å². The number of likely N-dealkylation sites (N-methyl/N-ethyl adjacent to an activating group) is 1. The zero-order valence-electron chi connectivity index (χ0n) is 8.04. The van der Waals surface area contributed by atoms with Gasteiger partial charge in [-0.2, -0.15) is 0 Å². The summed E-state index contributed by atoms with van der Waals surface area (Å²) < 4.78 is 0.